The minimum Gasteiger partial charge on any atom is -0.300 e. The quantitative estimate of drug-likeness (QED) is 0.662. The van der Waals surface area contributed by atoms with E-state index < -0.39 is 0 Å². The molecule has 0 spiro atoms. The molecule has 0 saturated carbocycles. The van der Waals surface area contributed by atoms with Crippen LogP contribution in [0.5, 0.6) is 0 Å². The van der Waals surface area contributed by atoms with Gasteiger partial charge in [0.2, 0.25) is 0 Å². The minimum absolute atomic E-state index is 0.273. The molecule has 0 aliphatic rings. The second kappa shape index (κ2) is 11.8. The molecule has 0 N–H and O–H groups in total. The summed E-state index contributed by atoms with van der Waals surface area (Å²) in [6.45, 7) is 12.1. The molecule has 0 aliphatic carbocycles. The van der Waals surface area contributed by atoms with Crippen LogP contribution in [0.3, 0.4) is 0 Å². The molecule has 0 fully saturated rings. The maximum absolute atomic E-state index is 11.3. The zero-order chi connectivity index (χ0) is 13.8. The lowest BCUT2D eigenvalue weighted by atomic mass is 9.85. The second-order valence-corrected chi connectivity index (χ2v) is 4.43. The molecule has 0 amide bonds. The lowest BCUT2D eigenvalue weighted by Gasteiger charge is -2.18. The molecule has 0 bridgehead atoms. The van der Waals surface area contributed by atoms with Crippen LogP contribution in [0.2, 0.25) is 0 Å². The van der Waals surface area contributed by atoms with Gasteiger partial charge in [-0.1, -0.05) is 54.4 Å². The van der Waals surface area contributed by atoms with Gasteiger partial charge in [-0.25, -0.2) is 0 Å². The average molecular weight is 242 g/mol. The van der Waals surface area contributed by atoms with Crippen molar-refractivity contribution in [3.8, 4) is 0 Å². The van der Waals surface area contributed by atoms with Crippen molar-refractivity contribution in [1.29, 1.82) is 0 Å². The summed E-state index contributed by atoms with van der Waals surface area (Å²) in [4.78, 5) is 21.5. The summed E-state index contributed by atoms with van der Waals surface area (Å²) in [6, 6.07) is 0. The number of rotatable bonds is 7. The standard InChI is InChI=1S/C10H20O.C5H10O/c1-5-9(6-2)8(4)10(11)7-3;1-3-5(6)4-2/h8-9H,5-7H2,1-4H3;3-4H2,1-2H3. The van der Waals surface area contributed by atoms with Crippen LogP contribution < -0.4 is 0 Å². The van der Waals surface area contributed by atoms with Crippen LogP contribution in [0.25, 0.3) is 0 Å². The highest BCUT2D eigenvalue weighted by molar-refractivity contribution is 5.80. The number of carbonyl (C=O) groups excluding carboxylic acids is 2. The fraction of sp³-hybridized carbons (Fsp3) is 0.867. The molecule has 0 aromatic carbocycles. The molecule has 2 heteroatoms. The third-order valence-electron chi connectivity index (χ3n) is 3.40. The van der Waals surface area contributed by atoms with Gasteiger partial charge in [0.25, 0.3) is 0 Å². The van der Waals surface area contributed by atoms with Gasteiger partial charge in [-0.3, -0.25) is 9.59 Å². The fourth-order valence-corrected chi connectivity index (χ4v) is 1.83. The van der Waals surface area contributed by atoms with Crippen LogP contribution in [0.1, 0.15) is 73.6 Å². The Morgan fingerprint density at radius 2 is 1.24 bits per heavy atom. The Labute approximate surface area is 107 Å². The summed E-state index contributed by atoms with van der Waals surface area (Å²) in [5.41, 5.74) is 0. The third kappa shape index (κ3) is 9.08. The number of ketones is 2. The Balaban J connectivity index is 0. The third-order valence-corrected chi connectivity index (χ3v) is 3.40. The van der Waals surface area contributed by atoms with Crippen molar-refractivity contribution in [2.24, 2.45) is 11.8 Å². The number of Topliss-reactive ketones (excluding diaryl/α,β-unsaturated/α-hetero) is 2. The Morgan fingerprint density at radius 1 is 0.824 bits per heavy atom. The molecule has 0 radical (unpaired) electrons. The summed E-state index contributed by atoms with van der Waals surface area (Å²) in [5.74, 6) is 1.63. The van der Waals surface area contributed by atoms with E-state index in [4.69, 9.17) is 0 Å². The van der Waals surface area contributed by atoms with Gasteiger partial charge in [-0.15, -0.1) is 0 Å². The summed E-state index contributed by atoms with van der Waals surface area (Å²) in [7, 11) is 0. The first-order valence-corrected chi connectivity index (χ1v) is 7.02. The Hall–Kier alpha value is -0.660. The van der Waals surface area contributed by atoms with Gasteiger partial charge < -0.3 is 0 Å². The van der Waals surface area contributed by atoms with Crippen molar-refractivity contribution in [1.82, 2.24) is 0 Å². The van der Waals surface area contributed by atoms with Crippen LogP contribution in [-0.2, 0) is 9.59 Å². The molecule has 0 aromatic rings. The molecule has 0 aliphatic heterocycles. The zero-order valence-corrected chi connectivity index (χ0v) is 12.5. The number of carbonyl (C=O) groups is 2. The normalized spacial score (nSPS) is 11.7. The number of hydrogen-bond acceptors (Lipinski definition) is 2. The van der Waals surface area contributed by atoms with Gasteiger partial charge >= 0.3 is 0 Å². The molecule has 102 valence electrons. The molecule has 17 heavy (non-hydrogen) atoms. The van der Waals surface area contributed by atoms with E-state index in [-0.39, 0.29) is 5.92 Å². The molecule has 0 saturated heterocycles. The van der Waals surface area contributed by atoms with Crippen LogP contribution in [0.4, 0.5) is 0 Å². The Bertz CT molecular complexity index is 199. The highest BCUT2D eigenvalue weighted by Crippen LogP contribution is 2.20. The van der Waals surface area contributed by atoms with E-state index in [2.05, 4.69) is 20.8 Å². The second-order valence-electron chi connectivity index (χ2n) is 4.43. The van der Waals surface area contributed by atoms with Crippen molar-refractivity contribution in [3.05, 3.63) is 0 Å². The Morgan fingerprint density at radius 3 is 1.41 bits per heavy atom. The van der Waals surface area contributed by atoms with Gasteiger partial charge in [0.1, 0.15) is 11.6 Å². The summed E-state index contributed by atoms with van der Waals surface area (Å²) in [6.07, 6.45) is 4.33. The molecule has 1 unspecified atom stereocenters. The predicted molar refractivity (Wildman–Crippen MR) is 74.1 cm³/mol. The van der Waals surface area contributed by atoms with E-state index >= 15 is 0 Å². The van der Waals surface area contributed by atoms with E-state index in [0.717, 1.165) is 12.8 Å². The van der Waals surface area contributed by atoms with E-state index in [1.165, 1.54) is 0 Å². The average Bonchev–Trinajstić information content (AvgIpc) is 2.38. The van der Waals surface area contributed by atoms with E-state index in [1.807, 2.05) is 20.8 Å². The maximum atomic E-state index is 11.3. The topological polar surface area (TPSA) is 34.1 Å². The van der Waals surface area contributed by atoms with Crippen LogP contribution in [0, 0.1) is 11.8 Å². The van der Waals surface area contributed by atoms with E-state index in [9.17, 15) is 9.59 Å². The predicted octanol–water partition coefficient (Wildman–Crippen LogP) is 4.41. The van der Waals surface area contributed by atoms with Crippen molar-refractivity contribution in [2.75, 3.05) is 0 Å². The number of hydrogen-bond donors (Lipinski definition) is 0. The van der Waals surface area contributed by atoms with Gasteiger partial charge in [-0.05, 0) is 5.92 Å². The van der Waals surface area contributed by atoms with Gasteiger partial charge in [-0.2, -0.15) is 0 Å². The van der Waals surface area contributed by atoms with Crippen LogP contribution in [0.15, 0.2) is 0 Å². The largest absolute Gasteiger partial charge is 0.300 e. The van der Waals surface area contributed by atoms with Crippen molar-refractivity contribution >= 4 is 11.6 Å². The maximum Gasteiger partial charge on any atom is 0.135 e. The monoisotopic (exact) mass is 242 g/mol. The van der Waals surface area contributed by atoms with E-state index in [0.29, 0.717) is 36.7 Å². The minimum atomic E-state index is 0.273. The zero-order valence-electron chi connectivity index (χ0n) is 12.5. The smallest absolute Gasteiger partial charge is 0.135 e. The first-order chi connectivity index (χ1) is 7.98. The summed E-state index contributed by atoms with van der Waals surface area (Å²) >= 11 is 0. The SMILES string of the molecule is CCC(=O)C(C)C(CC)CC.CCC(=O)CC. The molecule has 0 rings (SSSR count). The first kappa shape index (κ1) is 18.7. The van der Waals surface area contributed by atoms with Crippen molar-refractivity contribution in [2.45, 2.75) is 73.6 Å². The lowest BCUT2D eigenvalue weighted by Crippen LogP contribution is -2.19. The molecular weight excluding hydrogens is 212 g/mol. The Kier molecular flexibility index (Phi) is 13.0. The fourth-order valence-electron chi connectivity index (χ4n) is 1.83. The van der Waals surface area contributed by atoms with Crippen LogP contribution in [-0.4, -0.2) is 11.6 Å². The van der Waals surface area contributed by atoms with Gasteiger partial charge in [0.05, 0.1) is 0 Å². The highest BCUT2D eigenvalue weighted by Gasteiger charge is 2.18. The lowest BCUT2D eigenvalue weighted by molar-refractivity contribution is -0.123. The molecule has 2 nitrogen and oxygen atoms in total. The van der Waals surface area contributed by atoms with Gasteiger partial charge in [0.15, 0.2) is 0 Å². The summed E-state index contributed by atoms with van der Waals surface area (Å²) in [5, 5.41) is 0. The highest BCUT2D eigenvalue weighted by atomic mass is 16.1. The molecular formula is C15H30O2. The molecule has 0 heterocycles. The van der Waals surface area contributed by atoms with Gasteiger partial charge in [0, 0.05) is 25.2 Å². The molecule has 1 atom stereocenters. The first-order valence-electron chi connectivity index (χ1n) is 7.02. The van der Waals surface area contributed by atoms with E-state index in [1.54, 1.807) is 0 Å². The summed E-state index contributed by atoms with van der Waals surface area (Å²) < 4.78 is 0. The van der Waals surface area contributed by atoms with Crippen LogP contribution >= 0.6 is 0 Å². The van der Waals surface area contributed by atoms with Crippen molar-refractivity contribution in [3.63, 3.8) is 0 Å². The van der Waals surface area contributed by atoms with Crippen molar-refractivity contribution < 1.29 is 9.59 Å². The molecule has 0 aromatic heterocycles.